The summed E-state index contributed by atoms with van der Waals surface area (Å²) in [7, 11) is 1.69. The van der Waals surface area contributed by atoms with Crippen molar-refractivity contribution in [2.45, 2.75) is 24.6 Å². The fourth-order valence-corrected chi connectivity index (χ4v) is 1.80. The van der Waals surface area contributed by atoms with E-state index in [1.54, 1.807) is 18.9 Å². The molecule has 0 saturated carbocycles. The molecule has 0 aliphatic rings. The molecule has 12 heavy (non-hydrogen) atoms. The van der Waals surface area contributed by atoms with Gasteiger partial charge in [0.1, 0.15) is 0 Å². The highest BCUT2D eigenvalue weighted by atomic mass is 32.2. The highest BCUT2D eigenvalue weighted by Crippen LogP contribution is 2.13. The molecule has 3 nitrogen and oxygen atoms in total. The van der Waals surface area contributed by atoms with Crippen molar-refractivity contribution in [2.75, 3.05) is 26.1 Å². The fraction of sp³-hybridized carbons (Fsp3) is 1.00. The van der Waals surface area contributed by atoms with Crippen LogP contribution in [0.5, 0.6) is 0 Å². The van der Waals surface area contributed by atoms with Gasteiger partial charge in [0.15, 0.2) is 0 Å². The molecule has 0 aromatic heterocycles. The second kappa shape index (κ2) is 7.86. The molecule has 3 N–H and O–H groups in total. The SMILES string of the molecule is COCCCSC(CO)C(C)N. The topological polar surface area (TPSA) is 55.5 Å². The number of thioether (sulfide) groups is 1. The van der Waals surface area contributed by atoms with E-state index in [2.05, 4.69) is 0 Å². The lowest BCUT2D eigenvalue weighted by atomic mass is 10.3. The van der Waals surface area contributed by atoms with Crippen molar-refractivity contribution in [3.05, 3.63) is 0 Å². The second-order valence-corrected chi connectivity index (χ2v) is 4.14. The monoisotopic (exact) mass is 193 g/mol. The first-order valence-corrected chi connectivity index (χ1v) is 5.24. The zero-order valence-electron chi connectivity index (χ0n) is 7.82. The van der Waals surface area contributed by atoms with E-state index in [-0.39, 0.29) is 17.9 Å². The van der Waals surface area contributed by atoms with Crippen LogP contribution in [0.1, 0.15) is 13.3 Å². The Morgan fingerprint density at radius 1 is 1.58 bits per heavy atom. The Morgan fingerprint density at radius 3 is 2.67 bits per heavy atom. The van der Waals surface area contributed by atoms with E-state index >= 15 is 0 Å². The van der Waals surface area contributed by atoms with Crippen molar-refractivity contribution in [3.8, 4) is 0 Å². The van der Waals surface area contributed by atoms with E-state index in [4.69, 9.17) is 15.6 Å². The van der Waals surface area contributed by atoms with E-state index in [0.29, 0.717) is 0 Å². The standard InChI is InChI=1S/C8H19NO2S/c1-7(9)8(6-10)12-5-3-4-11-2/h7-8,10H,3-6,9H2,1-2H3. The van der Waals surface area contributed by atoms with Crippen LogP contribution in [0.15, 0.2) is 0 Å². The smallest absolute Gasteiger partial charge is 0.0564 e. The van der Waals surface area contributed by atoms with Gasteiger partial charge in [-0.3, -0.25) is 0 Å². The Bertz CT molecular complexity index is 101. The average molecular weight is 193 g/mol. The lowest BCUT2D eigenvalue weighted by Crippen LogP contribution is -2.32. The highest BCUT2D eigenvalue weighted by molar-refractivity contribution is 7.99. The number of hydrogen-bond acceptors (Lipinski definition) is 4. The first-order chi connectivity index (χ1) is 5.72. The largest absolute Gasteiger partial charge is 0.395 e. The summed E-state index contributed by atoms with van der Waals surface area (Å²) in [5.41, 5.74) is 5.65. The Hall–Kier alpha value is 0.230. The van der Waals surface area contributed by atoms with Gasteiger partial charge in [0.05, 0.1) is 6.61 Å². The van der Waals surface area contributed by atoms with Gasteiger partial charge in [-0.2, -0.15) is 11.8 Å². The van der Waals surface area contributed by atoms with Crippen LogP contribution >= 0.6 is 11.8 Å². The van der Waals surface area contributed by atoms with Crippen molar-refractivity contribution in [1.29, 1.82) is 0 Å². The molecule has 0 bridgehead atoms. The highest BCUT2D eigenvalue weighted by Gasteiger charge is 2.11. The number of aliphatic hydroxyl groups excluding tert-OH is 1. The predicted molar refractivity (Wildman–Crippen MR) is 53.5 cm³/mol. The van der Waals surface area contributed by atoms with Crippen molar-refractivity contribution < 1.29 is 9.84 Å². The van der Waals surface area contributed by atoms with Gasteiger partial charge in [-0.15, -0.1) is 0 Å². The van der Waals surface area contributed by atoms with Crippen molar-refractivity contribution in [1.82, 2.24) is 0 Å². The van der Waals surface area contributed by atoms with Crippen LogP contribution in [0.2, 0.25) is 0 Å². The summed E-state index contributed by atoms with van der Waals surface area (Å²) in [6.45, 7) is 2.86. The minimum absolute atomic E-state index is 0.0579. The van der Waals surface area contributed by atoms with Crippen LogP contribution in [-0.4, -0.2) is 42.5 Å². The minimum Gasteiger partial charge on any atom is -0.395 e. The minimum atomic E-state index is 0.0579. The van der Waals surface area contributed by atoms with Gasteiger partial charge >= 0.3 is 0 Å². The van der Waals surface area contributed by atoms with Crippen LogP contribution < -0.4 is 5.73 Å². The van der Waals surface area contributed by atoms with Crippen molar-refractivity contribution in [3.63, 3.8) is 0 Å². The first kappa shape index (κ1) is 12.2. The van der Waals surface area contributed by atoms with Crippen LogP contribution in [0, 0.1) is 0 Å². The lowest BCUT2D eigenvalue weighted by Gasteiger charge is -2.17. The van der Waals surface area contributed by atoms with Gasteiger partial charge in [0.2, 0.25) is 0 Å². The average Bonchev–Trinajstić information content (AvgIpc) is 2.04. The Kier molecular flexibility index (Phi) is 8.01. The summed E-state index contributed by atoms with van der Waals surface area (Å²) in [6, 6.07) is 0.0579. The molecule has 0 radical (unpaired) electrons. The molecule has 0 heterocycles. The zero-order valence-corrected chi connectivity index (χ0v) is 8.64. The van der Waals surface area contributed by atoms with E-state index in [1.165, 1.54) is 0 Å². The molecule has 0 aromatic carbocycles. The van der Waals surface area contributed by atoms with Gasteiger partial charge in [0, 0.05) is 25.0 Å². The van der Waals surface area contributed by atoms with E-state index in [1.807, 2.05) is 6.92 Å². The number of nitrogens with two attached hydrogens (primary N) is 1. The summed E-state index contributed by atoms with van der Waals surface area (Å²) in [5, 5.41) is 9.09. The third kappa shape index (κ3) is 5.83. The molecule has 0 spiro atoms. The molecule has 0 saturated heterocycles. The number of ether oxygens (including phenoxy) is 1. The number of hydrogen-bond donors (Lipinski definition) is 2. The molecule has 2 atom stereocenters. The van der Waals surface area contributed by atoms with E-state index < -0.39 is 0 Å². The zero-order chi connectivity index (χ0) is 9.40. The molecule has 0 fully saturated rings. The van der Waals surface area contributed by atoms with Crippen LogP contribution in [0.3, 0.4) is 0 Å². The number of rotatable bonds is 7. The number of methoxy groups -OCH3 is 1. The Morgan fingerprint density at radius 2 is 2.25 bits per heavy atom. The van der Waals surface area contributed by atoms with E-state index in [0.717, 1.165) is 18.8 Å². The predicted octanol–water partition coefficient (Wildman–Crippen LogP) is 0.464. The molecule has 0 rings (SSSR count). The molecular formula is C8H19NO2S. The van der Waals surface area contributed by atoms with Crippen LogP contribution in [0.4, 0.5) is 0 Å². The maximum Gasteiger partial charge on any atom is 0.0564 e. The van der Waals surface area contributed by atoms with Gasteiger partial charge in [-0.25, -0.2) is 0 Å². The summed E-state index contributed by atoms with van der Waals surface area (Å²) >= 11 is 1.71. The van der Waals surface area contributed by atoms with Crippen molar-refractivity contribution >= 4 is 11.8 Å². The molecular weight excluding hydrogens is 174 g/mol. The molecule has 0 amide bonds. The molecule has 2 unspecified atom stereocenters. The third-order valence-electron chi connectivity index (χ3n) is 1.59. The van der Waals surface area contributed by atoms with Crippen LogP contribution in [-0.2, 0) is 4.74 Å². The quantitative estimate of drug-likeness (QED) is 0.577. The summed E-state index contributed by atoms with van der Waals surface area (Å²) in [5.74, 6) is 1.00. The maximum absolute atomic E-state index is 8.92. The van der Waals surface area contributed by atoms with Crippen molar-refractivity contribution in [2.24, 2.45) is 5.73 Å². The van der Waals surface area contributed by atoms with E-state index in [9.17, 15) is 0 Å². The third-order valence-corrected chi connectivity index (χ3v) is 3.12. The normalized spacial score (nSPS) is 16.0. The Labute approximate surface area is 78.7 Å². The molecule has 74 valence electrons. The van der Waals surface area contributed by atoms with Gasteiger partial charge < -0.3 is 15.6 Å². The maximum atomic E-state index is 8.92. The van der Waals surface area contributed by atoms with Crippen LogP contribution in [0.25, 0.3) is 0 Å². The Balaban J connectivity index is 3.32. The molecule has 0 aromatic rings. The molecule has 0 aliphatic heterocycles. The molecule has 4 heteroatoms. The fourth-order valence-electron chi connectivity index (χ4n) is 0.809. The van der Waals surface area contributed by atoms with Gasteiger partial charge in [-0.1, -0.05) is 0 Å². The summed E-state index contributed by atoms with van der Waals surface area (Å²) in [4.78, 5) is 0. The van der Waals surface area contributed by atoms with Gasteiger partial charge in [0.25, 0.3) is 0 Å². The summed E-state index contributed by atoms with van der Waals surface area (Å²) < 4.78 is 4.91. The number of aliphatic hydroxyl groups is 1. The lowest BCUT2D eigenvalue weighted by molar-refractivity contribution is 0.200. The first-order valence-electron chi connectivity index (χ1n) is 4.19. The second-order valence-electron chi connectivity index (χ2n) is 2.80. The molecule has 0 aliphatic carbocycles. The van der Waals surface area contributed by atoms with Gasteiger partial charge in [-0.05, 0) is 19.1 Å². The summed E-state index contributed by atoms with van der Waals surface area (Å²) in [6.07, 6.45) is 1.02.